The van der Waals surface area contributed by atoms with Crippen molar-refractivity contribution in [3.8, 4) is 5.75 Å². The molecule has 0 bridgehead atoms. The van der Waals surface area contributed by atoms with Crippen molar-refractivity contribution in [2.45, 2.75) is 83.7 Å². The van der Waals surface area contributed by atoms with E-state index in [0.717, 1.165) is 50.5 Å². The summed E-state index contributed by atoms with van der Waals surface area (Å²) in [6.07, 6.45) is 12.8. The summed E-state index contributed by atoms with van der Waals surface area (Å²) >= 11 is 0. The molecule has 11 heteroatoms. The lowest BCUT2D eigenvalue weighted by molar-refractivity contribution is -0.125. The number of ether oxygens (including phenoxy) is 1. The van der Waals surface area contributed by atoms with E-state index in [1.54, 1.807) is 30.3 Å². The Hall–Kier alpha value is -3.44. The van der Waals surface area contributed by atoms with Crippen molar-refractivity contribution in [2.24, 2.45) is 5.41 Å². The Bertz CT molecular complexity index is 1350. The van der Waals surface area contributed by atoms with Crippen molar-refractivity contribution >= 4 is 35.0 Å². The maximum absolute atomic E-state index is 13.4. The minimum atomic E-state index is -0.552. The van der Waals surface area contributed by atoms with Crippen LogP contribution in [-0.2, 0) is 4.79 Å². The van der Waals surface area contributed by atoms with Crippen LogP contribution >= 0.6 is 0 Å². The standard InChI is InChI=1S/C33H48N8O3/c1-33(2)22-41(25-12-6-5-7-13-25)29-27(38(3)31(33)43)21-34-32(36-29)35-26-15-14-23(20-28(26)44-4)30(42)37-40-18-16-39(17-19-40)24-10-8-9-11-24/h14-15,20-21,24-25H,5-13,16-19,22H2,1-4H3,(H,37,42)(H,34,35,36). The van der Waals surface area contributed by atoms with Crippen LogP contribution in [0.4, 0.5) is 23.1 Å². The van der Waals surface area contributed by atoms with E-state index >= 15 is 0 Å². The van der Waals surface area contributed by atoms with Gasteiger partial charge >= 0.3 is 0 Å². The highest BCUT2D eigenvalue weighted by molar-refractivity contribution is 6.01. The monoisotopic (exact) mass is 604 g/mol. The fourth-order valence-electron chi connectivity index (χ4n) is 7.43. The molecular weight excluding hydrogens is 556 g/mol. The van der Waals surface area contributed by atoms with E-state index in [2.05, 4.69) is 25.5 Å². The van der Waals surface area contributed by atoms with Gasteiger partial charge in [-0.15, -0.1) is 0 Å². The number of amides is 2. The Morgan fingerprint density at radius 2 is 1.66 bits per heavy atom. The first-order chi connectivity index (χ1) is 21.2. The van der Waals surface area contributed by atoms with Crippen LogP contribution in [0.5, 0.6) is 5.75 Å². The van der Waals surface area contributed by atoms with E-state index in [-0.39, 0.29) is 11.8 Å². The van der Waals surface area contributed by atoms with E-state index in [4.69, 9.17) is 9.72 Å². The zero-order chi connectivity index (χ0) is 30.8. The number of nitrogens with zero attached hydrogens (tertiary/aromatic N) is 6. The van der Waals surface area contributed by atoms with Gasteiger partial charge in [-0.2, -0.15) is 4.98 Å². The largest absolute Gasteiger partial charge is 0.495 e. The zero-order valence-corrected chi connectivity index (χ0v) is 26.8. The molecule has 0 spiro atoms. The molecule has 1 saturated heterocycles. The van der Waals surface area contributed by atoms with Crippen molar-refractivity contribution in [3.63, 3.8) is 0 Å². The molecule has 3 fully saturated rings. The number of anilines is 4. The molecule has 2 saturated carbocycles. The lowest BCUT2D eigenvalue weighted by Crippen LogP contribution is -2.55. The molecule has 2 aliphatic heterocycles. The molecule has 2 amide bonds. The second-order valence-corrected chi connectivity index (χ2v) is 13.5. The van der Waals surface area contributed by atoms with Crippen LogP contribution in [0, 0.1) is 5.41 Å². The number of rotatable bonds is 7. The molecule has 3 heterocycles. The third-order valence-electron chi connectivity index (χ3n) is 9.97. The van der Waals surface area contributed by atoms with Gasteiger partial charge in [-0.25, -0.2) is 9.99 Å². The quantitative estimate of drug-likeness (QED) is 0.470. The van der Waals surface area contributed by atoms with Crippen LogP contribution in [0.25, 0.3) is 0 Å². The van der Waals surface area contributed by atoms with Crippen molar-refractivity contribution in [1.82, 2.24) is 25.3 Å². The summed E-state index contributed by atoms with van der Waals surface area (Å²) in [4.78, 5) is 42.7. The number of hydrazine groups is 1. The summed E-state index contributed by atoms with van der Waals surface area (Å²) in [5.41, 5.74) is 4.45. The molecule has 44 heavy (non-hydrogen) atoms. The summed E-state index contributed by atoms with van der Waals surface area (Å²) in [6, 6.07) is 6.42. The minimum Gasteiger partial charge on any atom is -0.495 e. The highest BCUT2D eigenvalue weighted by Gasteiger charge is 2.41. The maximum Gasteiger partial charge on any atom is 0.265 e. The molecular formula is C33H48N8O3. The van der Waals surface area contributed by atoms with Crippen LogP contribution in [0.3, 0.4) is 0 Å². The van der Waals surface area contributed by atoms with Crippen molar-refractivity contribution in [2.75, 3.05) is 62.0 Å². The number of hydrogen-bond acceptors (Lipinski definition) is 9. The number of nitrogens with one attached hydrogen (secondary N) is 2. The summed E-state index contributed by atoms with van der Waals surface area (Å²) in [6.45, 7) is 8.25. The Kier molecular flexibility index (Phi) is 8.96. The third-order valence-corrected chi connectivity index (χ3v) is 9.97. The smallest absolute Gasteiger partial charge is 0.265 e. The number of carbonyl (C=O) groups is 2. The molecule has 2 aromatic rings. The summed E-state index contributed by atoms with van der Waals surface area (Å²) in [5.74, 6) is 1.64. The molecule has 0 atom stereocenters. The van der Waals surface area contributed by atoms with Gasteiger partial charge in [-0.1, -0.05) is 32.1 Å². The van der Waals surface area contributed by atoms with Crippen LogP contribution < -0.4 is 25.3 Å². The summed E-state index contributed by atoms with van der Waals surface area (Å²) in [5, 5.41) is 5.34. The number of methoxy groups -OCH3 is 1. The Labute approximate surface area is 261 Å². The van der Waals surface area contributed by atoms with E-state index in [1.165, 1.54) is 44.9 Å². The van der Waals surface area contributed by atoms with Crippen molar-refractivity contribution < 1.29 is 14.3 Å². The molecule has 0 unspecified atom stereocenters. The molecule has 6 rings (SSSR count). The molecule has 2 aliphatic carbocycles. The van der Waals surface area contributed by atoms with Gasteiger partial charge in [0.05, 0.1) is 24.4 Å². The fraction of sp³-hybridized carbons (Fsp3) is 0.636. The molecule has 1 aromatic carbocycles. The molecule has 1 aromatic heterocycles. The van der Waals surface area contributed by atoms with Gasteiger partial charge in [0.2, 0.25) is 11.9 Å². The van der Waals surface area contributed by atoms with Crippen LogP contribution in [0.1, 0.15) is 82.0 Å². The number of carbonyl (C=O) groups excluding carboxylic acids is 2. The number of fused-ring (bicyclic) bond motifs is 1. The number of benzene rings is 1. The first-order valence-corrected chi connectivity index (χ1v) is 16.4. The average Bonchev–Trinajstić information content (AvgIpc) is 3.57. The molecule has 2 N–H and O–H groups in total. The van der Waals surface area contributed by atoms with E-state index in [0.29, 0.717) is 41.6 Å². The predicted molar refractivity (Wildman–Crippen MR) is 173 cm³/mol. The Morgan fingerprint density at radius 3 is 2.36 bits per heavy atom. The SMILES string of the molecule is COc1cc(C(=O)NN2CCN(C3CCCC3)CC2)ccc1Nc1ncc2c(n1)N(C1CCCCC1)CC(C)(C)C(=O)N2C. The van der Waals surface area contributed by atoms with Gasteiger partial charge in [-0.05, 0) is 57.7 Å². The second-order valence-electron chi connectivity index (χ2n) is 13.5. The highest BCUT2D eigenvalue weighted by atomic mass is 16.5. The fourth-order valence-corrected chi connectivity index (χ4v) is 7.43. The lowest BCUT2D eigenvalue weighted by atomic mass is 9.88. The maximum atomic E-state index is 13.4. The Morgan fingerprint density at radius 1 is 0.977 bits per heavy atom. The van der Waals surface area contributed by atoms with Crippen LogP contribution in [0.15, 0.2) is 24.4 Å². The van der Waals surface area contributed by atoms with Crippen LogP contribution in [-0.4, -0.2) is 90.7 Å². The predicted octanol–water partition coefficient (Wildman–Crippen LogP) is 4.58. The third kappa shape index (κ3) is 6.35. The summed E-state index contributed by atoms with van der Waals surface area (Å²) in [7, 11) is 3.40. The minimum absolute atomic E-state index is 0.0626. The molecule has 11 nitrogen and oxygen atoms in total. The number of hydrogen-bond donors (Lipinski definition) is 2. The molecule has 238 valence electrons. The highest BCUT2D eigenvalue weighted by Crippen LogP contribution is 2.40. The van der Waals surface area contributed by atoms with E-state index in [9.17, 15) is 9.59 Å². The van der Waals surface area contributed by atoms with E-state index < -0.39 is 5.41 Å². The number of aromatic nitrogens is 2. The van der Waals surface area contributed by atoms with E-state index in [1.807, 2.05) is 32.0 Å². The van der Waals surface area contributed by atoms with Crippen LogP contribution in [0.2, 0.25) is 0 Å². The first kappa shape index (κ1) is 30.6. The second kappa shape index (κ2) is 12.9. The number of piperazine rings is 1. The topological polar surface area (TPSA) is 106 Å². The van der Waals surface area contributed by atoms with Crippen molar-refractivity contribution in [3.05, 3.63) is 30.0 Å². The first-order valence-electron chi connectivity index (χ1n) is 16.4. The van der Waals surface area contributed by atoms with Gasteiger partial charge in [0.25, 0.3) is 5.91 Å². The molecule has 4 aliphatic rings. The van der Waals surface area contributed by atoms with Gasteiger partial charge < -0.3 is 19.9 Å². The van der Waals surface area contributed by atoms with Gasteiger partial charge in [0.15, 0.2) is 5.82 Å². The molecule has 0 radical (unpaired) electrons. The normalized spacial score (nSPS) is 22.0. The Balaban J connectivity index is 1.17. The zero-order valence-electron chi connectivity index (χ0n) is 26.8. The summed E-state index contributed by atoms with van der Waals surface area (Å²) < 4.78 is 5.70. The lowest BCUT2D eigenvalue weighted by Gasteiger charge is -2.38. The van der Waals surface area contributed by atoms with Crippen molar-refractivity contribution in [1.29, 1.82) is 0 Å². The van der Waals surface area contributed by atoms with Gasteiger partial charge in [0, 0.05) is 57.4 Å². The van der Waals surface area contributed by atoms with Gasteiger partial charge in [-0.3, -0.25) is 19.9 Å². The average molecular weight is 605 g/mol. The van der Waals surface area contributed by atoms with Gasteiger partial charge in [0.1, 0.15) is 11.4 Å².